The largest absolute Gasteiger partial charge is 0.393 e. The highest BCUT2D eigenvalue weighted by molar-refractivity contribution is 7.09. The molecule has 3 nitrogen and oxygen atoms in total. The monoisotopic (exact) mass is 317 g/mol. The first-order valence-electron chi connectivity index (χ1n) is 7.75. The molecule has 118 valence electrons. The van der Waals surface area contributed by atoms with Gasteiger partial charge in [-0.15, -0.1) is 11.3 Å². The molecule has 1 amide bonds. The second kappa shape index (κ2) is 9.38. The summed E-state index contributed by atoms with van der Waals surface area (Å²) in [6.45, 7) is 0.550. The minimum atomic E-state index is -0.387. The average Bonchev–Trinajstić information content (AvgIpc) is 3.05. The summed E-state index contributed by atoms with van der Waals surface area (Å²) in [5.74, 6) is 0.00107. The zero-order valence-corrected chi connectivity index (χ0v) is 13.5. The summed E-state index contributed by atoms with van der Waals surface area (Å²) in [5, 5.41) is 14.9. The van der Waals surface area contributed by atoms with E-state index >= 15 is 0 Å². The van der Waals surface area contributed by atoms with Crippen LogP contribution < -0.4 is 5.32 Å². The van der Waals surface area contributed by atoms with Crippen LogP contribution in [-0.2, 0) is 17.8 Å². The molecule has 1 heterocycles. The van der Waals surface area contributed by atoms with Crippen LogP contribution in [0.1, 0.15) is 36.1 Å². The summed E-state index contributed by atoms with van der Waals surface area (Å²) in [5.41, 5.74) is 1.09. The molecule has 1 atom stereocenters. The lowest BCUT2D eigenvalue weighted by atomic mass is 10.1. The van der Waals surface area contributed by atoms with Crippen LogP contribution in [0.3, 0.4) is 0 Å². The van der Waals surface area contributed by atoms with Gasteiger partial charge >= 0.3 is 0 Å². The standard InChI is InChI=1S/C18H23NO2S/c20-16(8-4-9-17-10-5-13-22-17)11-12-18(21)19-14-15-6-2-1-3-7-15/h1-3,5-7,10,13,16,20H,4,8-9,11-12,14H2,(H,19,21)/t16-/m0/s1. The molecule has 4 heteroatoms. The quantitative estimate of drug-likeness (QED) is 0.743. The van der Waals surface area contributed by atoms with E-state index in [-0.39, 0.29) is 12.0 Å². The Bertz CT molecular complexity index is 539. The van der Waals surface area contributed by atoms with E-state index in [2.05, 4.69) is 16.8 Å². The highest BCUT2D eigenvalue weighted by Crippen LogP contribution is 2.14. The molecule has 0 saturated heterocycles. The first-order valence-corrected chi connectivity index (χ1v) is 8.63. The smallest absolute Gasteiger partial charge is 0.220 e. The second-order valence-electron chi connectivity index (χ2n) is 5.43. The van der Waals surface area contributed by atoms with Gasteiger partial charge in [-0.1, -0.05) is 36.4 Å². The van der Waals surface area contributed by atoms with Gasteiger partial charge in [-0.25, -0.2) is 0 Å². The summed E-state index contributed by atoms with van der Waals surface area (Å²) in [6, 6.07) is 14.0. The Morgan fingerprint density at radius 2 is 1.95 bits per heavy atom. The Hall–Kier alpha value is -1.65. The topological polar surface area (TPSA) is 49.3 Å². The number of benzene rings is 1. The van der Waals surface area contributed by atoms with Crippen LogP contribution in [0.5, 0.6) is 0 Å². The molecule has 0 aliphatic rings. The number of carbonyl (C=O) groups excluding carboxylic acids is 1. The Balaban J connectivity index is 1.55. The molecular formula is C18H23NO2S. The Labute approximate surface area is 136 Å². The molecule has 0 aliphatic carbocycles. The van der Waals surface area contributed by atoms with E-state index < -0.39 is 0 Å². The first-order chi connectivity index (χ1) is 10.7. The van der Waals surface area contributed by atoms with E-state index in [0.29, 0.717) is 19.4 Å². The lowest BCUT2D eigenvalue weighted by Gasteiger charge is -2.10. The Morgan fingerprint density at radius 3 is 2.68 bits per heavy atom. The van der Waals surface area contributed by atoms with Gasteiger partial charge in [0.05, 0.1) is 6.10 Å². The average molecular weight is 317 g/mol. The number of thiophene rings is 1. The van der Waals surface area contributed by atoms with Crippen LogP contribution >= 0.6 is 11.3 Å². The normalized spacial score (nSPS) is 12.0. The van der Waals surface area contributed by atoms with E-state index in [4.69, 9.17) is 0 Å². The van der Waals surface area contributed by atoms with Crippen LogP contribution in [0.2, 0.25) is 0 Å². The molecule has 0 fully saturated rings. The fourth-order valence-corrected chi connectivity index (χ4v) is 3.04. The van der Waals surface area contributed by atoms with Crippen molar-refractivity contribution in [2.24, 2.45) is 0 Å². The SMILES string of the molecule is O=C(CC[C@@H](O)CCCc1cccs1)NCc1ccccc1. The van der Waals surface area contributed by atoms with E-state index in [1.807, 2.05) is 36.4 Å². The molecule has 1 aromatic heterocycles. The maximum Gasteiger partial charge on any atom is 0.220 e. The summed E-state index contributed by atoms with van der Waals surface area (Å²) in [4.78, 5) is 13.1. The van der Waals surface area contributed by atoms with Crippen molar-refractivity contribution in [3.8, 4) is 0 Å². The molecule has 22 heavy (non-hydrogen) atoms. The third-order valence-corrected chi connectivity index (χ3v) is 4.51. The van der Waals surface area contributed by atoms with Crippen LogP contribution in [0.15, 0.2) is 47.8 Å². The summed E-state index contributed by atoms with van der Waals surface area (Å²) in [6.07, 6.45) is 3.26. The van der Waals surface area contributed by atoms with E-state index in [1.54, 1.807) is 11.3 Å². The molecule has 2 rings (SSSR count). The fraction of sp³-hybridized carbons (Fsp3) is 0.389. The number of aliphatic hydroxyl groups is 1. The minimum Gasteiger partial charge on any atom is -0.393 e. The molecule has 0 saturated carbocycles. The number of nitrogens with one attached hydrogen (secondary N) is 1. The van der Waals surface area contributed by atoms with Gasteiger partial charge in [0.15, 0.2) is 0 Å². The van der Waals surface area contributed by atoms with Gasteiger partial charge in [-0.3, -0.25) is 4.79 Å². The number of hydrogen-bond donors (Lipinski definition) is 2. The molecule has 0 radical (unpaired) electrons. The van der Waals surface area contributed by atoms with Crippen LogP contribution in [0, 0.1) is 0 Å². The summed E-state index contributed by atoms with van der Waals surface area (Å²) in [7, 11) is 0. The highest BCUT2D eigenvalue weighted by atomic mass is 32.1. The lowest BCUT2D eigenvalue weighted by molar-refractivity contribution is -0.121. The van der Waals surface area contributed by atoms with Crippen molar-refractivity contribution in [3.63, 3.8) is 0 Å². The number of aliphatic hydroxyl groups excluding tert-OH is 1. The van der Waals surface area contributed by atoms with Crippen molar-refractivity contribution in [2.75, 3.05) is 0 Å². The van der Waals surface area contributed by atoms with Crippen LogP contribution in [-0.4, -0.2) is 17.1 Å². The van der Waals surface area contributed by atoms with E-state index in [9.17, 15) is 9.90 Å². The van der Waals surface area contributed by atoms with Crippen molar-refractivity contribution < 1.29 is 9.90 Å². The first kappa shape index (κ1) is 16.7. The van der Waals surface area contributed by atoms with Gasteiger partial charge in [0.25, 0.3) is 0 Å². The van der Waals surface area contributed by atoms with Gasteiger partial charge in [-0.05, 0) is 42.7 Å². The molecule has 2 aromatic rings. The Morgan fingerprint density at radius 1 is 1.14 bits per heavy atom. The molecule has 0 aliphatic heterocycles. The molecule has 0 unspecified atom stereocenters. The van der Waals surface area contributed by atoms with E-state index in [0.717, 1.165) is 24.8 Å². The number of aryl methyl sites for hydroxylation is 1. The highest BCUT2D eigenvalue weighted by Gasteiger charge is 2.08. The zero-order valence-electron chi connectivity index (χ0n) is 12.7. The third kappa shape index (κ3) is 6.41. The minimum absolute atomic E-state index is 0.00107. The molecule has 0 bridgehead atoms. The van der Waals surface area contributed by atoms with Gasteiger partial charge < -0.3 is 10.4 Å². The molecular weight excluding hydrogens is 294 g/mol. The zero-order chi connectivity index (χ0) is 15.6. The fourth-order valence-electron chi connectivity index (χ4n) is 2.29. The van der Waals surface area contributed by atoms with Crippen molar-refractivity contribution >= 4 is 17.2 Å². The Kier molecular flexibility index (Phi) is 7.13. The molecule has 1 aromatic carbocycles. The predicted molar refractivity (Wildman–Crippen MR) is 90.8 cm³/mol. The summed E-state index contributed by atoms with van der Waals surface area (Å²) >= 11 is 1.75. The number of hydrogen-bond acceptors (Lipinski definition) is 3. The number of carbonyl (C=O) groups is 1. The maximum atomic E-state index is 11.8. The predicted octanol–water partition coefficient (Wildman–Crippen LogP) is 3.53. The van der Waals surface area contributed by atoms with Crippen molar-refractivity contribution in [1.29, 1.82) is 0 Å². The van der Waals surface area contributed by atoms with Gasteiger partial charge in [0.2, 0.25) is 5.91 Å². The van der Waals surface area contributed by atoms with Gasteiger partial charge in [0.1, 0.15) is 0 Å². The lowest BCUT2D eigenvalue weighted by Crippen LogP contribution is -2.24. The van der Waals surface area contributed by atoms with Gasteiger partial charge in [0, 0.05) is 17.8 Å². The van der Waals surface area contributed by atoms with Crippen LogP contribution in [0.25, 0.3) is 0 Å². The van der Waals surface area contributed by atoms with Crippen molar-refractivity contribution in [2.45, 2.75) is 44.8 Å². The summed E-state index contributed by atoms with van der Waals surface area (Å²) < 4.78 is 0. The number of amides is 1. The van der Waals surface area contributed by atoms with Crippen molar-refractivity contribution in [3.05, 3.63) is 58.3 Å². The third-order valence-electron chi connectivity index (χ3n) is 3.58. The maximum absolute atomic E-state index is 11.8. The molecule has 2 N–H and O–H groups in total. The number of rotatable bonds is 9. The van der Waals surface area contributed by atoms with E-state index in [1.165, 1.54) is 4.88 Å². The van der Waals surface area contributed by atoms with Gasteiger partial charge in [-0.2, -0.15) is 0 Å². The van der Waals surface area contributed by atoms with Crippen LogP contribution in [0.4, 0.5) is 0 Å². The van der Waals surface area contributed by atoms with Crippen molar-refractivity contribution in [1.82, 2.24) is 5.32 Å². The molecule has 0 spiro atoms. The second-order valence-corrected chi connectivity index (χ2v) is 6.46.